The maximum Gasteiger partial charge on any atom is 0.223 e. The van der Waals surface area contributed by atoms with Gasteiger partial charge in [-0.2, -0.15) is 0 Å². The monoisotopic (exact) mass is 320 g/mol. The van der Waals surface area contributed by atoms with Crippen LogP contribution in [0.3, 0.4) is 0 Å². The molecule has 1 aromatic rings. The van der Waals surface area contributed by atoms with Gasteiger partial charge in [0.2, 0.25) is 5.91 Å². The van der Waals surface area contributed by atoms with E-state index in [4.69, 9.17) is 11.6 Å². The van der Waals surface area contributed by atoms with Gasteiger partial charge in [0.1, 0.15) is 0 Å². The summed E-state index contributed by atoms with van der Waals surface area (Å²) in [5.74, 6) is 0.443. The van der Waals surface area contributed by atoms with Crippen molar-refractivity contribution < 1.29 is 4.79 Å². The van der Waals surface area contributed by atoms with Gasteiger partial charge in [0.05, 0.1) is 0 Å². The maximum atomic E-state index is 12.5. The third-order valence-electron chi connectivity index (χ3n) is 5.41. The Morgan fingerprint density at radius 3 is 2.73 bits per heavy atom. The summed E-state index contributed by atoms with van der Waals surface area (Å²) < 4.78 is 0. The van der Waals surface area contributed by atoms with E-state index in [1.165, 1.54) is 0 Å². The summed E-state index contributed by atoms with van der Waals surface area (Å²) in [7, 11) is 0. The number of benzene rings is 1. The van der Waals surface area contributed by atoms with Crippen molar-refractivity contribution in [1.29, 1.82) is 0 Å². The van der Waals surface area contributed by atoms with Crippen LogP contribution in [0.15, 0.2) is 24.3 Å². The second-order valence-corrected chi connectivity index (χ2v) is 7.86. The van der Waals surface area contributed by atoms with Gasteiger partial charge in [-0.1, -0.05) is 43.6 Å². The number of carbonyl (C=O) groups is 1. The first-order valence-corrected chi connectivity index (χ1v) is 8.56. The number of rotatable bonds is 4. The standard InChI is InChI=1S/C18H25ClN2O/c1-17(2,13-5-3-4-6-15(13)19)12-21-16(22)14-11-18(14)7-9-20-10-8-18/h3-6,14,20H,7-12H2,1-2H3,(H,21,22). The van der Waals surface area contributed by atoms with E-state index in [0.29, 0.717) is 12.0 Å². The molecule has 2 N–H and O–H groups in total. The lowest BCUT2D eigenvalue weighted by atomic mass is 9.84. The highest BCUT2D eigenvalue weighted by Gasteiger charge is 2.57. The minimum absolute atomic E-state index is 0.163. The Kier molecular flexibility index (Phi) is 4.21. The summed E-state index contributed by atoms with van der Waals surface area (Å²) in [5.41, 5.74) is 1.22. The fourth-order valence-corrected chi connectivity index (χ4v) is 4.12. The molecule has 1 unspecified atom stereocenters. The molecule has 1 aromatic carbocycles. The number of hydrogen-bond donors (Lipinski definition) is 2. The topological polar surface area (TPSA) is 41.1 Å². The molecule has 22 heavy (non-hydrogen) atoms. The highest BCUT2D eigenvalue weighted by molar-refractivity contribution is 6.31. The van der Waals surface area contributed by atoms with Crippen LogP contribution in [-0.2, 0) is 10.2 Å². The van der Waals surface area contributed by atoms with Crippen molar-refractivity contribution >= 4 is 17.5 Å². The van der Waals surface area contributed by atoms with Crippen molar-refractivity contribution in [1.82, 2.24) is 10.6 Å². The van der Waals surface area contributed by atoms with Crippen LogP contribution < -0.4 is 10.6 Å². The molecule has 3 rings (SSSR count). The zero-order valence-corrected chi connectivity index (χ0v) is 14.2. The number of nitrogens with one attached hydrogen (secondary N) is 2. The smallest absolute Gasteiger partial charge is 0.223 e. The third kappa shape index (κ3) is 3.02. The summed E-state index contributed by atoms with van der Waals surface area (Å²) >= 11 is 6.30. The number of carbonyl (C=O) groups excluding carboxylic acids is 1. The van der Waals surface area contributed by atoms with Gasteiger partial charge < -0.3 is 10.6 Å². The van der Waals surface area contributed by atoms with E-state index >= 15 is 0 Å². The van der Waals surface area contributed by atoms with Crippen LogP contribution >= 0.6 is 11.6 Å². The van der Waals surface area contributed by atoms with E-state index in [-0.39, 0.29) is 17.2 Å². The van der Waals surface area contributed by atoms with Crippen LogP contribution in [0.5, 0.6) is 0 Å². The molecule has 1 heterocycles. The Morgan fingerprint density at radius 1 is 1.36 bits per heavy atom. The largest absolute Gasteiger partial charge is 0.355 e. The summed E-state index contributed by atoms with van der Waals surface area (Å²) in [6, 6.07) is 7.88. The first-order chi connectivity index (χ1) is 10.4. The summed E-state index contributed by atoms with van der Waals surface area (Å²) in [6.07, 6.45) is 3.34. The second kappa shape index (κ2) is 5.86. The molecule has 4 heteroatoms. The molecule has 2 fully saturated rings. The Morgan fingerprint density at radius 2 is 2.05 bits per heavy atom. The fraction of sp³-hybridized carbons (Fsp3) is 0.611. The lowest BCUT2D eigenvalue weighted by Gasteiger charge is -2.27. The highest BCUT2D eigenvalue weighted by atomic mass is 35.5. The fourth-order valence-electron chi connectivity index (χ4n) is 3.73. The van der Waals surface area contributed by atoms with Gasteiger partial charge in [-0.25, -0.2) is 0 Å². The highest BCUT2D eigenvalue weighted by Crippen LogP contribution is 2.58. The van der Waals surface area contributed by atoms with Crippen LogP contribution in [0, 0.1) is 11.3 Å². The van der Waals surface area contributed by atoms with E-state index in [2.05, 4.69) is 24.5 Å². The Bertz CT molecular complexity index is 564. The molecule has 1 amide bonds. The van der Waals surface area contributed by atoms with Gasteiger partial charge in [0, 0.05) is 22.9 Å². The van der Waals surface area contributed by atoms with E-state index < -0.39 is 0 Å². The predicted octanol–water partition coefficient (Wildman–Crippen LogP) is 3.12. The molecule has 3 nitrogen and oxygen atoms in total. The molecular formula is C18H25ClN2O. The average Bonchev–Trinajstić information content (AvgIpc) is 3.19. The molecule has 1 spiro atoms. The zero-order valence-electron chi connectivity index (χ0n) is 13.4. The van der Waals surface area contributed by atoms with E-state index in [0.717, 1.165) is 42.9 Å². The number of piperidine rings is 1. The average molecular weight is 321 g/mol. The van der Waals surface area contributed by atoms with Crippen molar-refractivity contribution in [2.24, 2.45) is 11.3 Å². The van der Waals surface area contributed by atoms with Crippen LogP contribution in [-0.4, -0.2) is 25.5 Å². The number of hydrogen-bond acceptors (Lipinski definition) is 2. The van der Waals surface area contributed by atoms with Crippen LogP contribution in [0.1, 0.15) is 38.7 Å². The summed E-state index contributed by atoms with van der Waals surface area (Å²) in [5, 5.41) is 7.31. The van der Waals surface area contributed by atoms with Crippen molar-refractivity contribution in [2.75, 3.05) is 19.6 Å². The van der Waals surface area contributed by atoms with Crippen molar-refractivity contribution in [3.8, 4) is 0 Å². The molecule has 1 aliphatic heterocycles. The Balaban J connectivity index is 1.58. The van der Waals surface area contributed by atoms with Gasteiger partial charge >= 0.3 is 0 Å². The van der Waals surface area contributed by atoms with Crippen LogP contribution in [0.4, 0.5) is 0 Å². The first-order valence-electron chi connectivity index (χ1n) is 8.18. The Labute approximate surface area is 137 Å². The maximum absolute atomic E-state index is 12.5. The zero-order chi connectivity index (χ0) is 15.8. The van der Waals surface area contributed by atoms with E-state index in [9.17, 15) is 4.79 Å². The van der Waals surface area contributed by atoms with Crippen LogP contribution in [0.2, 0.25) is 5.02 Å². The molecule has 1 atom stereocenters. The molecule has 0 aromatic heterocycles. The second-order valence-electron chi connectivity index (χ2n) is 7.45. The molecule has 1 aliphatic carbocycles. The SMILES string of the molecule is CC(C)(CNC(=O)C1CC12CCNCC2)c1ccccc1Cl. The first kappa shape index (κ1) is 15.8. The number of amides is 1. The van der Waals surface area contributed by atoms with Gasteiger partial charge in [-0.15, -0.1) is 0 Å². The summed E-state index contributed by atoms with van der Waals surface area (Å²) in [4.78, 5) is 12.5. The molecule has 0 bridgehead atoms. The molecule has 1 saturated heterocycles. The van der Waals surface area contributed by atoms with Gasteiger partial charge in [0.25, 0.3) is 0 Å². The molecule has 0 radical (unpaired) electrons. The van der Waals surface area contributed by atoms with Gasteiger partial charge in [-0.05, 0) is 49.4 Å². The number of halogens is 1. The summed E-state index contributed by atoms with van der Waals surface area (Å²) in [6.45, 7) is 6.98. The minimum Gasteiger partial charge on any atom is -0.355 e. The third-order valence-corrected chi connectivity index (χ3v) is 5.74. The van der Waals surface area contributed by atoms with E-state index in [1.54, 1.807) is 0 Å². The molecule has 2 aliphatic rings. The van der Waals surface area contributed by atoms with Gasteiger partial charge in [0.15, 0.2) is 0 Å². The predicted molar refractivity (Wildman–Crippen MR) is 90.1 cm³/mol. The van der Waals surface area contributed by atoms with E-state index in [1.807, 2.05) is 24.3 Å². The van der Waals surface area contributed by atoms with Gasteiger partial charge in [-0.3, -0.25) is 4.79 Å². The van der Waals surface area contributed by atoms with Crippen molar-refractivity contribution in [3.63, 3.8) is 0 Å². The molecular weight excluding hydrogens is 296 g/mol. The van der Waals surface area contributed by atoms with Crippen molar-refractivity contribution in [2.45, 2.75) is 38.5 Å². The lowest BCUT2D eigenvalue weighted by Crippen LogP contribution is -2.39. The molecule has 1 saturated carbocycles. The normalized spacial score (nSPS) is 23.3. The lowest BCUT2D eigenvalue weighted by molar-refractivity contribution is -0.123. The van der Waals surface area contributed by atoms with Crippen LogP contribution in [0.25, 0.3) is 0 Å². The Hall–Kier alpha value is -1.06. The minimum atomic E-state index is -0.163. The van der Waals surface area contributed by atoms with Crippen molar-refractivity contribution in [3.05, 3.63) is 34.9 Å². The molecule has 120 valence electrons. The quantitative estimate of drug-likeness (QED) is 0.895.